The van der Waals surface area contributed by atoms with Crippen molar-refractivity contribution in [1.82, 2.24) is 0 Å². The maximum Gasteiger partial charge on any atom is 0.0833 e. The number of fused-ring (bicyclic) bond motifs is 1. The Labute approximate surface area is 163 Å². The molecule has 0 atom stereocenters. The molecule has 0 radical (unpaired) electrons. The zero-order chi connectivity index (χ0) is 16.5. The summed E-state index contributed by atoms with van der Waals surface area (Å²) < 4.78 is 1.87. The Morgan fingerprint density at radius 2 is 1.42 bits per heavy atom. The van der Waals surface area contributed by atoms with Gasteiger partial charge in [-0.15, -0.1) is 0 Å². The fourth-order valence-electron chi connectivity index (χ4n) is 6.04. The lowest BCUT2D eigenvalue weighted by Gasteiger charge is -2.57. The van der Waals surface area contributed by atoms with Crippen LogP contribution in [0.15, 0.2) is 43.2 Å². The van der Waals surface area contributed by atoms with Gasteiger partial charge >= 0.3 is 0 Å². The summed E-state index contributed by atoms with van der Waals surface area (Å²) in [4.78, 5) is 0. The fourth-order valence-corrected chi connectivity index (χ4v) is 10.4. The molecule has 4 heteroatoms. The Balaban J connectivity index is 1.82. The van der Waals surface area contributed by atoms with E-state index in [1.165, 1.54) is 51.4 Å². The van der Waals surface area contributed by atoms with E-state index in [0.29, 0.717) is 0 Å². The van der Waals surface area contributed by atoms with Crippen LogP contribution in [0.25, 0.3) is 0 Å². The van der Waals surface area contributed by atoms with E-state index in [1.807, 2.05) is 23.5 Å². The van der Waals surface area contributed by atoms with Gasteiger partial charge in [0.25, 0.3) is 0 Å². The molecule has 5 rings (SSSR count). The quantitative estimate of drug-likeness (QED) is 0.444. The van der Waals surface area contributed by atoms with Gasteiger partial charge < -0.3 is 0 Å². The molecular formula is C20H22Cl2S2. The van der Waals surface area contributed by atoms with Crippen LogP contribution < -0.4 is 0 Å². The smallest absolute Gasteiger partial charge is 0.0833 e. The average molecular weight is 397 g/mol. The first-order valence-corrected chi connectivity index (χ1v) is 11.6. The highest BCUT2D eigenvalue weighted by atomic mass is 35.5. The van der Waals surface area contributed by atoms with Gasteiger partial charge in [-0.1, -0.05) is 66.0 Å². The number of allylic oxidation sites excluding steroid dienone is 6. The molecule has 3 aliphatic carbocycles. The first kappa shape index (κ1) is 16.4. The van der Waals surface area contributed by atoms with E-state index in [4.69, 9.17) is 23.2 Å². The van der Waals surface area contributed by atoms with Crippen LogP contribution >= 0.6 is 46.7 Å². The van der Waals surface area contributed by atoms with Crippen molar-refractivity contribution in [1.29, 1.82) is 0 Å². The summed E-state index contributed by atoms with van der Waals surface area (Å²) >= 11 is 17.0. The monoisotopic (exact) mass is 396 g/mol. The van der Waals surface area contributed by atoms with E-state index >= 15 is 0 Å². The lowest BCUT2D eigenvalue weighted by atomic mass is 9.59. The van der Waals surface area contributed by atoms with Crippen molar-refractivity contribution in [2.45, 2.75) is 62.4 Å². The number of halogens is 2. The third kappa shape index (κ3) is 1.98. The second kappa shape index (κ2) is 5.62. The summed E-state index contributed by atoms with van der Waals surface area (Å²) in [5.41, 5.74) is 6.49. The molecule has 0 spiro atoms. The predicted octanol–water partition coefficient (Wildman–Crippen LogP) is 7.71. The molecule has 0 aromatic heterocycles. The molecule has 2 fully saturated rings. The van der Waals surface area contributed by atoms with Gasteiger partial charge in [-0.3, -0.25) is 0 Å². The normalized spacial score (nSPS) is 39.0. The molecule has 24 heavy (non-hydrogen) atoms. The summed E-state index contributed by atoms with van der Waals surface area (Å²) in [5, 5.41) is 0. The SMILES string of the molecule is CC12SC(Cl)=CC3=C4CCCC4=C(C=C(Cl)S1)C32C1CCCCC1. The van der Waals surface area contributed by atoms with Crippen LogP contribution in [0.5, 0.6) is 0 Å². The van der Waals surface area contributed by atoms with Crippen molar-refractivity contribution in [2.75, 3.05) is 0 Å². The summed E-state index contributed by atoms with van der Waals surface area (Å²) in [6.07, 6.45) is 15.2. The first-order valence-electron chi connectivity index (χ1n) is 9.16. The number of hydrogen-bond donors (Lipinski definition) is 0. The summed E-state index contributed by atoms with van der Waals surface area (Å²) in [5.74, 6) is 0.730. The molecule has 0 aromatic rings. The summed E-state index contributed by atoms with van der Waals surface area (Å²) in [6, 6.07) is 0. The average Bonchev–Trinajstić information content (AvgIpc) is 3.10. The zero-order valence-corrected chi connectivity index (χ0v) is 17.1. The van der Waals surface area contributed by atoms with Crippen molar-refractivity contribution >= 4 is 46.7 Å². The van der Waals surface area contributed by atoms with Crippen LogP contribution in [0, 0.1) is 11.3 Å². The van der Waals surface area contributed by atoms with Crippen molar-refractivity contribution < 1.29 is 0 Å². The van der Waals surface area contributed by atoms with Crippen LogP contribution in [-0.2, 0) is 0 Å². The third-order valence-electron chi connectivity index (χ3n) is 6.75. The first-order chi connectivity index (χ1) is 11.6. The number of hydrogen-bond acceptors (Lipinski definition) is 2. The third-order valence-corrected chi connectivity index (χ3v) is 9.98. The Kier molecular flexibility index (Phi) is 3.84. The second-order valence-electron chi connectivity index (χ2n) is 7.83. The molecule has 128 valence electrons. The number of rotatable bonds is 1. The zero-order valence-electron chi connectivity index (χ0n) is 14.0. The van der Waals surface area contributed by atoms with E-state index in [0.717, 1.165) is 14.6 Å². The predicted molar refractivity (Wildman–Crippen MR) is 108 cm³/mol. The van der Waals surface area contributed by atoms with Crippen LogP contribution in [0.3, 0.4) is 0 Å². The van der Waals surface area contributed by atoms with E-state index in [-0.39, 0.29) is 9.49 Å². The highest BCUT2D eigenvalue weighted by molar-refractivity contribution is 8.23. The minimum Gasteiger partial charge on any atom is -0.0947 e. The summed E-state index contributed by atoms with van der Waals surface area (Å²) in [6.45, 7) is 2.41. The van der Waals surface area contributed by atoms with Gasteiger partial charge in [-0.25, -0.2) is 0 Å². The van der Waals surface area contributed by atoms with Gasteiger partial charge in [-0.05, 0) is 79.4 Å². The molecular weight excluding hydrogens is 375 g/mol. The van der Waals surface area contributed by atoms with E-state index in [1.54, 1.807) is 22.3 Å². The maximum absolute atomic E-state index is 6.65. The van der Waals surface area contributed by atoms with Crippen LogP contribution in [0.2, 0.25) is 0 Å². The lowest BCUT2D eigenvalue weighted by Crippen LogP contribution is -2.51. The minimum atomic E-state index is -0.0122. The maximum atomic E-state index is 6.65. The largest absolute Gasteiger partial charge is 0.0947 e. The second-order valence-corrected chi connectivity index (χ2v) is 12.3. The number of thioether (sulfide) groups is 2. The van der Waals surface area contributed by atoms with Crippen molar-refractivity contribution in [2.24, 2.45) is 11.3 Å². The molecule has 2 aliphatic heterocycles. The van der Waals surface area contributed by atoms with Crippen molar-refractivity contribution in [3.8, 4) is 0 Å². The molecule has 0 saturated heterocycles. The fraction of sp³-hybridized carbons (Fsp3) is 0.600. The van der Waals surface area contributed by atoms with E-state index in [9.17, 15) is 0 Å². The van der Waals surface area contributed by atoms with Crippen molar-refractivity contribution in [3.05, 3.63) is 43.2 Å². The molecule has 2 saturated carbocycles. The Hall–Kier alpha value is 0.240. The van der Waals surface area contributed by atoms with Crippen LogP contribution in [0.4, 0.5) is 0 Å². The van der Waals surface area contributed by atoms with Gasteiger partial charge in [0.2, 0.25) is 0 Å². The Bertz CT molecular complexity index is 689. The van der Waals surface area contributed by atoms with Gasteiger partial charge in [0, 0.05) is 5.41 Å². The van der Waals surface area contributed by atoms with Gasteiger partial charge in [-0.2, -0.15) is 0 Å². The highest BCUT2D eigenvalue weighted by Gasteiger charge is 2.64. The van der Waals surface area contributed by atoms with Crippen molar-refractivity contribution in [3.63, 3.8) is 0 Å². The minimum absolute atomic E-state index is 0.0122. The van der Waals surface area contributed by atoms with E-state index in [2.05, 4.69) is 19.1 Å². The van der Waals surface area contributed by atoms with Gasteiger partial charge in [0.15, 0.2) is 0 Å². The Morgan fingerprint density at radius 3 is 1.96 bits per heavy atom. The molecule has 0 aromatic carbocycles. The topological polar surface area (TPSA) is 0 Å². The molecule has 0 unspecified atom stereocenters. The standard InChI is InChI=1S/C20H22Cl2S2/c1-19-20(12-6-3-2-4-7-12)15(10-17(21)23-19)13-8-5-9-14(13)16(20)11-18(22)24-19/h10-12H,2-9H2,1H3. The van der Waals surface area contributed by atoms with Gasteiger partial charge in [0.1, 0.15) is 0 Å². The summed E-state index contributed by atoms with van der Waals surface area (Å²) in [7, 11) is 0. The van der Waals surface area contributed by atoms with Gasteiger partial charge in [0.05, 0.1) is 12.8 Å². The van der Waals surface area contributed by atoms with Crippen LogP contribution in [0.1, 0.15) is 58.3 Å². The molecule has 0 amide bonds. The highest BCUT2D eigenvalue weighted by Crippen LogP contribution is 2.75. The molecule has 5 aliphatic rings. The van der Waals surface area contributed by atoms with Crippen LogP contribution in [-0.4, -0.2) is 4.08 Å². The Morgan fingerprint density at radius 1 is 0.875 bits per heavy atom. The lowest BCUT2D eigenvalue weighted by molar-refractivity contribution is 0.192. The molecule has 0 bridgehead atoms. The van der Waals surface area contributed by atoms with E-state index < -0.39 is 0 Å². The molecule has 2 heterocycles. The molecule has 0 nitrogen and oxygen atoms in total. The molecule has 0 N–H and O–H groups in total.